The number of rotatable bonds is 4. The summed E-state index contributed by atoms with van der Waals surface area (Å²) in [6, 6.07) is 6.78. The number of nitrogens with one attached hydrogen (secondary N) is 1. The Morgan fingerprint density at radius 3 is 2.56 bits per heavy atom. The van der Waals surface area contributed by atoms with E-state index < -0.39 is 9.84 Å². The lowest BCUT2D eigenvalue weighted by Crippen LogP contribution is -2.34. The molecular formula is C16H17ClN4O3S. The first kappa shape index (κ1) is 17.6. The molecule has 9 heteroatoms. The largest absolute Gasteiger partial charge is 0.340 e. The third kappa shape index (κ3) is 4.08. The van der Waals surface area contributed by atoms with Crippen LogP contribution in [0.3, 0.4) is 0 Å². The van der Waals surface area contributed by atoms with Crippen LogP contribution < -0.4 is 10.2 Å². The van der Waals surface area contributed by atoms with Crippen LogP contribution in [0.2, 0.25) is 5.02 Å². The molecule has 1 aromatic carbocycles. The van der Waals surface area contributed by atoms with Gasteiger partial charge < -0.3 is 10.2 Å². The molecule has 1 aliphatic rings. The monoisotopic (exact) mass is 380 g/mol. The number of carbonyl (C=O) groups is 1. The van der Waals surface area contributed by atoms with E-state index in [4.69, 9.17) is 11.6 Å². The van der Waals surface area contributed by atoms with E-state index in [1.54, 1.807) is 36.2 Å². The molecule has 132 valence electrons. The van der Waals surface area contributed by atoms with E-state index in [1.807, 2.05) is 0 Å². The van der Waals surface area contributed by atoms with Crippen LogP contribution in [0.25, 0.3) is 0 Å². The van der Waals surface area contributed by atoms with E-state index in [-0.39, 0.29) is 29.0 Å². The van der Waals surface area contributed by atoms with Crippen molar-refractivity contribution in [2.24, 2.45) is 0 Å². The quantitative estimate of drug-likeness (QED) is 0.872. The average molecular weight is 381 g/mol. The van der Waals surface area contributed by atoms with Gasteiger partial charge in [-0.15, -0.1) is 0 Å². The number of carbonyl (C=O) groups excluding carboxylic acids is 1. The standard InChI is InChI=1S/C16H17ClN4O3S/c1-21(12-6-7-25(23,24)10-12)16-18-8-11(9-19-16)15(22)20-14-5-3-2-4-13(14)17/h2-5,8-9,12H,6-7,10H2,1H3,(H,20,22). The zero-order valence-corrected chi connectivity index (χ0v) is 15.1. The van der Waals surface area contributed by atoms with Gasteiger partial charge in [-0.3, -0.25) is 4.79 Å². The van der Waals surface area contributed by atoms with Crippen LogP contribution in [0, 0.1) is 0 Å². The maximum absolute atomic E-state index is 12.2. The van der Waals surface area contributed by atoms with Gasteiger partial charge >= 0.3 is 0 Å². The van der Waals surface area contributed by atoms with Gasteiger partial charge in [-0.1, -0.05) is 23.7 Å². The lowest BCUT2D eigenvalue weighted by Gasteiger charge is -2.23. The van der Waals surface area contributed by atoms with Gasteiger partial charge in [0.25, 0.3) is 5.91 Å². The second kappa shape index (κ2) is 6.97. The Morgan fingerprint density at radius 1 is 1.28 bits per heavy atom. The van der Waals surface area contributed by atoms with Crippen molar-refractivity contribution in [3.8, 4) is 0 Å². The van der Waals surface area contributed by atoms with Gasteiger partial charge in [-0.2, -0.15) is 0 Å². The summed E-state index contributed by atoms with van der Waals surface area (Å²) in [6.07, 6.45) is 3.37. The molecule has 0 saturated carbocycles. The van der Waals surface area contributed by atoms with Gasteiger partial charge in [0.1, 0.15) is 0 Å². The highest BCUT2D eigenvalue weighted by molar-refractivity contribution is 7.91. The fraction of sp³-hybridized carbons (Fsp3) is 0.312. The number of hydrogen-bond donors (Lipinski definition) is 1. The SMILES string of the molecule is CN(c1ncc(C(=O)Nc2ccccc2Cl)cn1)C1CCS(=O)(=O)C1. The molecule has 0 bridgehead atoms. The molecule has 1 unspecified atom stereocenters. The lowest BCUT2D eigenvalue weighted by atomic mass is 10.2. The van der Waals surface area contributed by atoms with E-state index in [0.29, 0.717) is 23.1 Å². The van der Waals surface area contributed by atoms with Gasteiger partial charge in [-0.25, -0.2) is 18.4 Å². The Hall–Kier alpha value is -2.19. The Morgan fingerprint density at radius 2 is 1.96 bits per heavy atom. The van der Waals surface area contributed by atoms with Crippen molar-refractivity contribution in [3.63, 3.8) is 0 Å². The molecule has 1 aliphatic heterocycles. The number of benzene rings is 1. The summed E-state index contributed by atoms with van der Waals surface area (Å²) >= 11 is 6.02. The maximum Gasteiger partial charge on any atom is 0.258 e. The minimum Gasteiger partial charge on any atom is -0.340 e. The number of sulfone groups is 1. The van der Waals surface area contributed by atoms with Crippen LogP contribution >= 0.6 is 11.6 Å². The molecule has 3 rings (SSSR count). The van der Waals surface area contributed by atoms with Crippen molar-refractivity contribution in [1.82, 2.24) is 9.97 Å². The smallest absolute Gasteiger partial charge is 0.258 e. The summed E-state index contributed by atoms with van der Waals surface area (Å²) in [7, 11) is -1.23. The molecule has 2 aromatic rings. The van der Waals surface area contributed by atoms with Crippen LogP contribution in [0.4, 0.5) is 11.6 Å². The van der Waals surface area contributed by atoms with Crippen molar-refractivity contribution >= 4 is 39.0 Å². The van der Waals surface area contributed by atoms with E-state index in [1.165, 1.54) is 12.4 Å². The number of anilines is 2. The van der Waals surface area contributed by atoms with Crippen LogP contribution in [-0.4, -0.2) is 48.9 Å². The first-order valence-electron chi connectivity index (χ1n) is 7.67. The van der Waals surface area contributed by atoms with Crippen LogP contribution in [0.1, 0.15) is 16.8 Å². The van der Waals surface area contributed by atoms with Crippen molar-refractivity contribution < 1.29 is 13.2 Å². The maximum atomic E-state index is 12.2. The first-order valence-corrected chi connectivity index (χ1v) is 9.87. The third-order valence-electron chi connectivity index (χ3n) is 4.09. The third-order valence-corrected chi connectivity index (χ3v) is 6.17. The number of amides is 1. The van der Waals surface area contributed by atoms with E-state index >= 15 is 0 Å². The van der Waals surface area contributed by atoms with Crippen LogP contribution in [0.15, 0.2) is 36.7 Å². The van der Waals surface area contributed by atoms with Crippen molar-refractivity contribution in [3.05, 3.63) is 47.2 Å². The molecule has 1 atom stereocenters. The second-order valence-corrected chi connectivity index (χ2v) is 8.51. The predicted octanol–water partition coefficient (Wildman–Crippen LogP) is 2.01. The molecule has 1 amide bonds. The minimum absolute atomic E-state index is 0.0988. The second-order valence-electron chi connectivity index (χ2n) is 5.87. The molecule has 7 nitrogen and oxygen atoms in total. The first-order chi connectivity index (χ1) is 11.9. The lowest BCUT2D eigenvalue weighted by molar-refractivity contribution is 0.102. The molecular weight excluding hydrogens is 364 g/mol. The summed E-state index contributed by atoms with van der Waals surface area (Å²) in [5, 5.41) is 3.14. The summed E-state index contributed by atoms with van der Waals surface area (Å²) < 4.78 is 23.2. The molecule has 0 spiro atoms. The zero-order chi connectivity index (χ0) is 18.0. The minimum atomic E-state index is -2.98. The molecule has 2 heterocycles. The molecule has 25 heavy (non-hydrogen) atoms. The predicted molar refractivity (Wildman–Crippen MR) is 96.9 cm³/mol. The highest BCUT2D eigenvalue weighted by Gasteiger charge is 2.31. The normalized spacial score (nSPS) is 18.7. The highest BCUT2D eigenvalue weighted by Crippen LogP contribution is 2.22. The van der Waals surface area contributed by atoms with Crippen molar-refractivity contribution in [2.45, 2.75) is 12.5 Å². The van der Waals surface area contributed by atoms with E-state index in [0.717, 1.165) is 0 Å². The summed E-state index contributed by atoms with van der Waals surface area (Å²) in [5.74, 6) is 0.296. The van der Waals surface area contributed by atoms with Crippen LogP contribution in [0.5, 0.6) is 0 Å². The highest BCUT2D eigenvalue weighted by atomic mass is 35.5. The average Bonchev–Trinajstić information content (AvgIpc) is 2.96. The Bertz CT molecular complexity index is 887. The van der Waals surface area contributed by atoms with Gasteiger partial charge in [-0.05, 0) is 18.6 Å². The number of nitrogens with zero attached hydrogens (tertiary/aromatic N) is 3. The van der Waals surface area contributed by atoms with Gasteiger partial charge in [0.2, 0.25) is 5.95 Å². The van der Waals surface area contributed by atoms with E-state index in [9.17, 15) is 13.2 Å². The van der Waals surface area contributed by atoms with Gasteiger partial charge in [0.05, 0.1) is 27.8 Å². The van der Waals surface area contributed by atoms with Crippen molar-refractivity contribution in [2.75, 3.05) is 28.8 Å². The Kier molecular flexibility index (Phi) is 4.91. The fourth-order valence-electron chi connectivity index (χ4n) is 2.62. The van der Waals surface area contributed by atoms with Crippen LogP contribution in [-0.2, 0) is 9.84 Å². The molecule has 0 radical (unpaired) electrons. The summed E-state index contributed by atoms with van der Waals surface area (Å²) in [6.45, 7) is 0. The van der Waals surface area contributed by atoms with E-state index in [2.05, 4.69) is 15.3 Å². The number of halogens is 1. The molecule has 1 fully saturated rings. The van der Waals surface area contributed by atoms with Crippen molar-refractivity contribution in [1.29, 1.82) is 0 Å². The Labute approximate surface area is 151 Å². The zero-order valence-electron chi connectivity index (χ0n) is 13.5. The summed E-state index contributed by atoms with van der Waals surface area (Å²) in [5.41, 5.74) is 0.794. The topological polar surface area (TPSA) is 92.3 Å². The number of para-hydroxylation sites is 1. The fourth-order valence-corrected chi connectivity index (χ4v) is 4.58. The molecule has 0 aliphatic carbocycles. The molecule has 1 N–H and O–H groups in total. The van der Waals surface area contributed by atoms with Gasteiger partial charge in [0.15, 0.2) is 9.84 Å². The molecule has 1 saturated heterocycles. The number of hydrogen-bond acceptors (Lipinski definition) is 6. The summed E-state index contributed by atoms with van der Waals surface area (Å²) in [4.78, 5) is 22.3. The number of aromatic nitrogens is 2. The van der Waals surface area contributed by atoms with Gasteiger partial charge in [0, 0.05) is 25.5 Å². The Balaban J connectivity index is 1.69. The molecule has 1 aromatic heterocycles.